The van der Waals surface area contributed by atoms with Crippen molar-refractivity contribution in [2.45, 2.75) is 6.92 Å². The highest BCUT2D eigenvalue weighted by Gasteiger charge is 2.13. The van der Waals surface area contributed by atoms with E-state index in [2.05, 4.69) is 4.98 Å². The van der Waals surface area contributed by atoms with Crippen LogP contribution >= 0.6 is 0 Å². The normalized spacial score (nSPS) is 10.9. The second-order valence-corrected chi connectivity index (χ2v) is 3.51. The van der Waals surface area contributed by atoms with E-state index in [0.29, 0.717) is 11.7 Å². The summed E-state index contributed by atoms with van der Waals surface area (Å²) in [7, 11) is 0. The Kier molecular flexibility index (Phi) is 3.05. The summed E-state index contributed by atoms with van der Waals surface area (Å²) in [4.78, 5) is 14.6. The number of aromatic nitrogens is 1. The summed E-state index contributed by atoms with van der Waals surface area (Å²) in [6.07, 6.45) is 3.46. The van der Waals surface area contributed by atoms with Crippen molar-refractivity contribution in [3.8, 4) is 0 Å². The van der Waals surface area contributed by atoms with Crippen molar-refractivity contribution in [2.75, 3.05) is 0 Å². The summed E-state index contributed by atoms with van der Waals surface area (Å²) in [5, 5.41) is 8.82. The molecule has 0 spiro atoms. The van der Waals surface area contributed by atoms with Crippen LogP contribution in [0, 0.1) is 6.92 Å². The van der Waals surface area contributed by atoms with Gasteiger partial charge in [-0.3, -0.25) is 0 Å². The number of carboxylic acids is 1. The molecule has 0 atom stereocenters. The Labute approximate surface area is 98.2 Å². The number of oxazole rings is 1. The maximum absolute atomic E-state index is 10.8. The fraction of sp³-hybridized carbons (Fsp3) is 0.0769. The number of nitrogens with zero attached hydrogens (tertiary/aromatic N) is 1. The third-order valence-electron chi connectivity index (χ3n) is 2.23. The lowest BCUT2D eigenvalue weighted by atomic mass is 10.2. The number of carbonyl (C=O) groups is 1. The molecule has 0 aliphatic carbocycles. The molecule has 0 amide bonds. The number of hydrogen-bond acceptors (Lipinski definition) is 3. The fourth-order valence-electron chi connectivity index (χ4n) is 1.42. The minimum absolute atomic E-state index is 0.0438. The molecule has 1 aromatic carbocycles. The highest BCUT2D eigenvalue weighted by Crippen LogP contribution is 2.12. The predicted molar refractivity (Wildman–Crippen MR) is 63.6 cm³/mol. The molecule has 0 saturated carbocycles. The molecule has 2 aromatic rings. The van der Waals surface area contributed by atoms with E-state index in [1.165, 1.54) is 0 Å². The first-order valence-corrected chi connectivity index (χ1v) is 5.10. The predicted octanol–water partition coefficient (Wildman–Crippen LogP) is 2.85. The van der Waals surface area contributed by atoms with Gasteiger partial charge in [0.15, 0.2) is 5.69 Å². The van der Waals surface area contributed by atoms with E-state index in [4.69, 9.17) is 9.52 Å². The van der Waals surface area contributed by atoms with Crippen molar-refractivity contribution < 1.29 is 14.3 Å². The summed E-state index contributed by atoms with van der Waals surface area (Å²) < 4.78 is 5.22. The topological polar surface area (TPSA) is 63.3 Å². The number of aromatic carboxylic acids is 1. The van der Waals surface area contributed by atoms with Crippen molar-refractivity contribution >= 4 is 18.1 Å². The van der Waals surface area contributed by atoms with Crippen molar-refractivity contribution in [2.24, 2.45) is 0 Å². The van der Waals surface area contributed by atoms with Gasteiger partial charge in [-0.25, -0.2) is 9.78 Å². The summed E-state index contributed by atoms with van der Waals surface area (Å²) in [6, 6.07) is 9.64. The molecule has 2 rings (SSSR count). The SMILES string of the molecule is Cc1oc(C=Cc2ccccc2)nc1C(=O)O. The molecule has 0 saturated heterocycles. The molecule has 0 radical (unpaired) electrons. The van der Waals surface area contributed by atoms with Gasteiger partial charge in [0, 0.05) is 6.08 Å². The third-order valence-corrected chi connectivity index (χ3v) is 2.23. The highest BCUT2D eigenvalue weighted by molar-refractivity contribution is 5.86. The Morgan fingerprint density at radius 1 is 1.29 bits per heavy atom. The summed E-state index contributed by atoms with van der Waals surface area (Å²) in [5.41, 5.74) is 0.956. The number of aryl methyl sites for hydroxylation is 1. The van der Waals surface area contributed by atoms with E-state index in [9.17, 15) is 4.79 Å². The molecule has 4 heteroatoms. The van der Waals surface area contributed by atoms with Gasteiger partial charge in [0.05, 0.1) is 0 Å². The summed E-state index contributed by atoms with van der Waals surface area (Å²) in [5.74, 6) is -0.473. The quantitative estimate of drug-likeness (QED) is 0.878. The van der Waals surface area contributed by atoms with Crippen molar-refractivity contribution in [3.05, 3.63) is 53.2 Å². The second-order valence-electron chi connectivity index (χ2n) is 3.51. The molecule has 0 bridgehead atoms. The van der Waals surface area contributed by atoms with Crippen LogP contribution in [0.2, 0.25) is 0 Å². The van der Waals surface area contributed by atoms with Gasteiger partial charge in [0.1, 0.15) is 5.76 Å². The van der Waals surface area contributed by atoms with Crippen LogP contribution in [-0.2, 0) is 0 Å². The van der Waals surface area contributed by atoms with Gasteiger partial charge in [-0.05, 0) is 18.6 Å². The van der Waals surface area contributed by atoms with Gasteiger partial charge < -0.3 is 9.52 Å². The van der Waals surface area contributed by atoms with Crippen LogP contribution in [0.15, 0.2) is 34.7 Å². The molecular weight excluding hydrogens is 218 g/mol. The Balaban J connectivity index is 2.22. The van der Waals surface area contributed by atoms with Gasteiger partial charge in [0.2, 0.25) is 5.89 Å². The Hall–Kier alpha value is -2.36. The smallest absolute Gasteiger partial charge is 0.358 e. The molecule has 17 heavy (non-hydrogen) atoms. The monoisotopic (exact) mass is 229 g/mol. The van der Waals surface area contributed by atoms with Crippen molar-refractivity contribution in [1.29, 1.82) is 0 Å². The minimum atomic E-state index is -1.08. The lowest BCUT2D eigenvalue weighted by Gasteiger charge is -1.89. The number of carboxylic acid groups (broad SMARTS) is 1. The fourth-order valence-corrected chi connectivity index (χ4v) is 1.42. The minimum Gasteiger partial charge on any atom is -0.476 e. The number of hydrogen-bond donors (Lipinski definition) is 1. The molecule has 4 nitrogen and oxygen atoms in total. The van der Waals surface area contributed by atoms with E-state index >= 15 is 0 Å². The van der Waals surface area contributed by atoms with Crippen molar-refractivity contribution in [1.82, 2.24) is 4.98 Å². The average Bonchev–Trinajstić information content (AvgIpc) is 2.69. The van der Waals surface area contributed by atoms with Crippen LogP contribution in [0.1, 0.15) is 27.7 Å². The van der Waals surface area contributed by atoms with Crippen LogP contribution in [0.25, 0.3) is 12.2 Å². The maximum Gasteiger partial charge on any atom is 0.358 e. The lowest BCUT2D eigenvalue weighted by Crippen LogP contribution is -1.98. The van der Waals surface area contributed by atoms with E-state index in [1.807, 2.05) is 36.4 Å². The molecule has 1 N–H and O–H groups in total. The Bertz CT molecular complexity index is 555. The number of rotatable bonds is 3. The van der Waals surface area contributed by atoms with Gasteiger partial charge in [-0.1, -0.05) is 30.3 Å². The zero-order valence-electron chi connectivity index (χ0n) is 9.25. The first kappa shape index (κ1) is 11.1. The van der Waals surface area contributed by atoms with Crippen LogP contribution in [0.3, 0.4) is 0 Å². The van der Waals surface area contributed by atoms with Crippen LogP contribution in [-0.4, -0.2) is 16.1 Å². The second kappa shape index (κ2) is 4.65. The number of benzene rings is 1. The zero-order chi connectivity index (χ0) is 12.3. The summed E-state index contributed by atoms with van der Waals surface area (Å²) in [6.45, 7) is 1.58. The third kappa shape index (κ3) is 2.60. The van der Waals surface area contributed by atoms with E-state index in [0.717, 1.165) is 5.56 Å². The Morgan fingerprint density at radius 3 is 2.59 bits per heavy atom. The van der Waals surface area contributed by atoms with E-state index in [-0.39, 0.29) is 5.69 Å². The van der Waals surface area contributed by atoms with Gasteiger partial charge in [0.25, 0.3) is 0 Å². The zero-order valence-corrected chi connectivity index (χ0v) is 9.25. The molecule has 0 aliphatic heterocycles. The highest BCUT2D eigenvalue weighted by atomic mass is 16.4. The van der Waals surface area contributed by atoms with E-state index < -0.39 is 5.97 Å². The van der Waals surface area contributed by atoms with Gasteiger partial charge in [-0.2, -0.15) is 0 Å². The molecule has 1 aromatic heterocycles. The lowest BCUT2D eigenvalue weighted by molar-refractivity contribution is 0.0689. The molecule has 0 fully saturated rings. The van der Waals surface area contributed by atoms with Crippen molar-refractivity contribution in [3.63, 3.8) is 0 Å². The van der Waals surface area contributed by atoms with Crippen LogP contribution in [0.5, 0.6) is 0 Å². The molecule has 0 aliphatic rings. The molecule has 0 unspecified atom stereocenters. The van der Waals surface area contributed by atoms with Gasteiger partial charge in [-0.15, -0.1) is 0 Å². The first-order valence-electron chi connectivity index (χ1n) is 5.10. The largest absolute Gasteiger partial charge is 0.476 e. The molecular formula is C13H11NO3. The maximum atomic E-state index is 10.8. The summed E-state index contributed by atoms with van der Waals surface area (Å²) >= 11 is 0. The van der Waals surface area contributed by atoms with E-state index in [1.54, 1.807) is 13.0 Å². The Morgan fingerprint density at radius 2 is 2.00 bits per heavy atom. The molecule has 86 valence electrons. The molecule has 1 heterocycles. The first-order chi connectivity index (χ1) is 8.16. The average molecular weight is 229 g/mol. The standard InChI is InChI=1S/C13H11NO3/c1-9-12(13(15)16)14-11(17-9)8-7-10-5-3-2-4-6-10/h2-8H,1H3,(H,15,16). The van der Waals surface area contributed by atoms with Gasteiger partial charge >= 0.3 is 5.97 Å². The van der Waals surface area contributed by atoms with Crippen LogP contribution < -0.4 is 0 Å². The van der Waals surface area contributed by atoms with Crippen LogP contribution in [0.4, 0.5) is 0 Å².